The van der Waals surface area contributed by atoms with E-state index in [4.69, 9.17) is 4.98 Å². The van der Waals surface area contributed by atoms with E-state index in [1.54, 1.807) is 24.4 Å². The average molecular weight is 559 g/mol. The molecule has 0 fully saturated rings. The van der Waals surface area contributed by atoms with Gasteiger partial charge in [0.25, 0.3) is 0 Å². The molecule has 4 aliphatic heterocycles. The van der Waals surface area contributed by atoms with E-state index in [0.717, 1.165) is 71.3 Å². The summed E-state index contributed by atoms with van der Waals surface area (Å²) in [5.41, 5.74) is 9.81. The van der Waals surface area contributed by atoms with Gasteiger partial charge in [0.2, 0.25) is 0 Å². The third-order valence-electron chi connectivity index (χ3n) is 7.94. The summed E-state index contributed by atoms with van der Waals surface area (Å²) in [5, 5.41) is 1.17. The number of aliphatic imine (C=N–C) groups is 2. The van der Waals surface area contributed by atoms with Gasteiger partial charge in [-0.25, -0.2) is 18.7 Å². The Kier molecular flexibility index (Phi) is 6.46. The molecular formula is C34H28F2N6. The fraction of sp³-hybridized carbons (Fsp3) is 0.176. The van der Waals surface area contributed by atoms with Crippen LogP contribution in [0, 0.1) is 11.6 Å². The number of benzene rings is 2. The Labute approximate surface area is 242 Å². The number of hydrogen-bond donors (Lipinski definition) is 0. The average Bonchev–Trinajstić information content (AvgIpc) is 3.54. The third kappa shape index (κ3) is 4.40. The molecule has 0 unspecified atom stereocenters. The predicted octanol–water partition coefficient (Wildman–Crippen LogP) is 6.16. The highest BCUT2D eigenvalue weighted by atomic mass is 19.1. The van der Waals surface area contributed by atoms with Crippen molar-refractivity contribution in [3.05, 3.63) is 130 Å². The van der Waals surface area contributed by atoms with Gasteiger partial charge in [-0.1, -0.05) is 24.3 Å². The molecule has 4 aromatic rings. The third-order valence-corrected chi connectivity index (χ3v) is 7.94. The number of hydrogen-bond acceptors (Lipinski definition) is 4. The number of nitrogens with zero attached hydrogens (tertiary/aromatic N) is 6. The Balaban J connectivity index is 0.000000137. The minimum Gasteiger partial charge on any atom is -0.336 e. The zero-order valence-electron chi connectivity index (χ0n) is 23.4. The van der Waals surface area contributed by atoms with Crippen molar-refractivity contribution in [1.29, 1.82) is 0 Å². The summed E-state index contributed by atoms with van der Waals surface area (Å²) in [6.45, 7) is 1.45. The first kappa shape index (κ1) is 26.0. The second-order valence-electron chi connectivity index (χ2n) is 10.5. The lowest BCUT2D eigenvalue weighted by Gasteiger charge is -2.15. The van der Waals surface area contributed by atoms with Gasteiger partial charge in [-0.15, -0.1) is 0 Å². The highest BCUT2D eigenvalue weighted by molar-refractivity contribution is 6.16. The molecule has 2 aromatic heterocycles. The van der Waals surface area contributed by atoms with Crippen molar-refractivity contribution >= 4 is 22.5 Å². The topological polar surface area (TPSA) is 60.4 Å². The van der Waals surface area contributed by atoms with Gasteiger partial charge in [0.1, 0.15) is 23.1 Å². The van der Waals surface area contributed by atoms with Crippen LogP contribution in [0.4, 0.5) is 8.78 Å². The second-order valence-corrected chi connectivity index (χ2v) is 10.5. The molecule has 6 nitrogen and oxygen atoms in total. The van der Waals surface area contributed by atoms with Crippen molar-refractivity contribution in [3.8, 4) is 11.4 Å². The van der Waals surface area contributed by atoms with E-state index < -0.39 is 0 Å². The lowest BCUT2D eigenvalue weighted by atomic mass is 9.97. The first-order valence-electron chi connectivity index (χ1n) is 14.0. The lowest BCUT2D eigenvalue weighted by molar-refractivity contribution is 0.627. The van der Waals surface area contributed by atoms with Gasteiger partial charge < -0.3 is 9.13 Å². The molecule has 0 spiro atoms. The fourth-order valence-corrected chi connectivity index (χ4v) is 6.05. The Morgan fingerprint density at radius 1 is 0.738 bits per heavy atom. The van der Waals surface area contributed by atoms with Crippen LogP contribution in [0.1, 0.15) is 33.6 Å². The summed E-state index contributed by atoms with van der Waals surface area (Å²) in [7, 11) is 3.98. The summed E-state index contributed by atoms with van der Waals surface area (Å²) in [5.74, 6) is 0.469. The Hall–Kier alpha value is -4.98. The van der Waals surface area contributed by atoms with Gasteiger partial charge >= 0.3 is 0 Å². The van der Waals surface area contributed by atoms with E-state index in [9.17, 15) is 8.78 Å². The molecule has 0 amide bonds. The van der Waals surface area contributed by atoms with Gasteiger partial charge in [-0.2, -0.15) is 0 Å². The van der Waals surface area contributed by atoms with Crippen molar-refractivity contribution in [3.63, 3.8) is 0 Å². The Morgan fingerprint density at radius 3 is 2.17 bits per heavy atom. The quantitative estimate of drug-likeness (QED) is 0.256. The van der Waals surface area contributed by atoms with E-state index in [-0.39, 0.29) is 11.6 Å². The fourth-order valence-electron chi connectivity index (χ4n) is 6.05. The molecule has 0 saturated heterocycles. The van der Waals surface area contributed by atoms with Crippen molar-refractivity contribution in [1.82, 2.24) is 19.1 Å². The second kappa shape index (κ2) is 10.4. The summed E-state index contributed by atoms with van der Waals surface area (Å²) >= 11 is 0. The first-order valence-corrected chi connectivity index (χ1v) is 14.0. The molecule has 0 atom stereocenters. The van der Waals surface area contributed by atoms with Crippen LogP contribution < -0.4 is 0 Å². The van der Waals surface area contributed by atoms with Crippen molar-refractivity contribution in [2.24, 2.45) is 24.1 Å². The van der Waals surface area contributed by atoms with Gasteiger partial charge in [0, 0.05) is 61.7 Å². The molecule has 0 saturated carbocycles. The molecule has 0 radical (unpaired) electrons. The Morgan fingerprint density at radius 2 is 1.43 bits per heavy atom. The highest BCUT2D eigenvalue weighted by Gasteiger charge is 2.26. The predicted molar refractivity (Wildman–Crippen MR) is 162 cm³/mol. The molecule has 6 heterocycles. The monoisotopic (exact) mass is 558 g/mol. The van der Waals surface area contributed by atoms with E-state index >= 15 is 0 Å². The van der Waals surface area contributed by atoms with E-state index in [2.05, 4.69) is 31.7 Å². The number of rotatable bonds is 2. The van der Waals surface area contributed by atoms with Crippen LogP contribution >= 0.6 is 0 Å². The molecule has 4 aliphatic rings. The molecular weight excluding hydrogens is 530 g/mol. The smallest absolute Gasteiger partial charge is 0.140 e. The minimum absolute atomic E-state index is 0.237. The van der Waals surface area contributed by atoms with E-state index in [0.29, 0.717) is 0 Å². The summed E-state index contributed by atoms with van der Waals surface area (Å²) in [6.07, 6.45) is 5.57. The molecule has 8 heteroatoms. The summed E-state index contributed by atoms with van der Waals surface area (Å²) in [6, 6.07) is 21.4. The van der Waals surface area contributed by atoms with Crippen LogP contribution in [-0.2, 0) is 26.9 Å². The normalized spacial score (nSPS) is 14.1. The maximum Gasteiger partial charge on any atom is 0.140 e. The minimum atomic E-state index is -0.246. The van der Waals surface area contributed by atoms with Gasteiger partial charge in [-0.3, -0.25) is 9.98 Å². The van der Waals surface area contributed by atoms with Crippen LogP contribution in [0.25, 0.3) is 22.4 Å². The van der Waals surface area contributed by atoms with Crippen LogP contribution in [0.5, 0.6) is 0 Å². The molecule has 42 heavy (non-hydrogen) atoms. The van der Waals surface area contributed by atoms with Crippen LogP contribution in [0.15, 0.2) is 95.2 Å². The summed E-state index contributed by atoms with van der Waals surface area (Å²) in [4.78, 5) is 18.4. The van der Waals surface area contributed by atoms with Crippen molar-refractivity contribution < 1.29 is 8.78 Å². The van der Waals surface area contributed by atoms with Crippen LogP contribution in [0.3, 0.4) is 0 Å². The summed E-state index contributed by atoms with van der Waals surface area (Å²) < 4.78 is 31.1. The molecule has 0 aliphatic carbocycles. The zero-order chi connectivity index (χ0) is 28.8. The maximum atomic E-state index is 13.5. The van der Waals surface area contributed by atoms with Crippen LogP contribution in [-0.4, -0.2) is 43.6 Å². The van der Waals surface area contributed by atoms with Gasteiger partial charge in [-0.05, 0) is 72.5 Å². The maximum absolute atomic E-state index is 13.5. The highest BCUT2D eigenvalue weighted by Crippen LogP contribution is 2.33. The van der Waals surface area contributed by atoms with Crippen molar-refractivity contribution in [2.75, 3.05) is 13.1 Å². The molecule has 8 rings (SSSR count). The number of aromatic nitrogens is 4. The number of fused-ring (bicyclic) bond motifs is 6. The zero-order valence-corrected chi connectivity index (χ0v) is 23.4. The largest absolute Gasteiger partial charge is 0.336 e. The van der Waals surface area contributed by atoms with Crippen molar-refractivity contribution in [2.45, 2.75) is 12.8 Å². The number of pyridine rings is 2. The van der Waals surface area contributed by atoms with E-state index in [1.807, 2.05) is 49.1 Å². The molecule has 208 valence electrons. The van der Waals surface area contributed by atoms with Gasteiger partial charge in [0.15, 0.2) is 0 Å². The first-order chi connectivity index (χ1) is 20.5. The number of halogens is 2. The van der Waals surface area contributed by atoms with Crippen LogP contribution in [0.2, 0.25) is 0 Å². The van der Waals surface area contributed by atoms with E-state index in [1.165, 1.54) is 40.3 Å². The molecule has 0 bridgehead atoms. The standard InChI is InChI=1S/2C17H14FN3/c1-21-9-3-6-14-13-7-8-19-15(16(13)20-17(14)21)11-4-2-5-12(18)10-11;1-21-16-13(14-6-3-8-20-17(14)21)7-9-19-15(16)11-4-2-5-12(18)10-11/h2-6,9-10H,7-8H2,1H3;2-6,8,10H,7,9H2,1H3. The van der Waals surface area contributed by atoms with Gasteiger partial charge in [0.05, 0.1) is 22.8 Å². The number of aryl methyl sites for hydroxylation is 2. The Bertz CT molecular complexity index is 2000. The lowest BCUT2D eigenvalue weighted by Crippen LogP contribution is -2.17. The SMILES string of the molecule is Cn1c2c(c3cccnc31)CCN=C2c1cccc(F)c1.Cn1cccc2c3c(nc1-2)C(c1cccc(F)c1)=NCC3. The molecule has 0 N–H and O–H groups in total. The molecule has 2 aromatic carbocycles.